The number of aromatic nitrogens is 2. The average Bonchev–Trinajstić information content (AvgIpc) is 2.76. The molecule has 3 N–H and O–H groups in total. The molecule has 1 aromatic heterocycles. The molecule has 31 heavy (non-hydrogen) atoms. The van der Waals surface area contributed by atoms with E-state index in [1.807, 2.05) is 0 Å². The first-order valence-electron chi connectivity index (χ1n) is 9.14. The third-order valence-electron chi connectivity index (χ3n) is 4.34. The maximum Gasteiger partial charge on any atom is 0.326 e. The molecule has 7 nitrogen and oxygen atoms in total. The molecule has 0 fully saturated rings. The first kappa shape index (κ1) is 19.9. The van der Waals surface area contributed by atoms with Crippen molar-refractivity contribution >= 4 is 40.0 Å². The van der Waals surface area contributed by atoms with Gasteiger partial charge in [0.05, 0.1) is 11.2 Å². The topological polar surface area (TPSA) is 96.0 Å². The highest BCUT2D eigenvalue weighted by atomic mass is 19.1. The SMILES string of the molecule is O=C(NC(=O)c1ccccc1)Nc1ccc2c(Nc3ccc(F)cc3F)ncnc2c1. The second kappa shape index (κ2) is 8.54. The van der Waals surface area contributed by atoms with Crippen LogP contribution in [-0.4, -0.2) is 21.9 Å². The molecular weight excluding hydrogens is 404 g/mol. The van der Waals surface area contributed by atoms with Crippen molar-refractivity contribution in [1.29, 1.82) is 0 Å². The fourth-order valence-electron chi connectivity index (χ4n) is 2.88. The Morgan fingerprint density at radius 2 is 1.68 bits per heavy atom. The van der Waals surface area contributed by atoms with Gasteiger partial charge in [0, 0.05) is 22.7 Å². The van der Waals surface area contributed by atoms with E-state index in [1.165, 1.54) is 12.4 Å². The van der Waals surface area contributed by atoms with Gasteiger partial charge >= 0.3 is 6.03 Å². The first-order valence-corrected chi connectivity index (χ1v) is 9.14. The summed E-state index contributed by atoms with van der Waals surface area (Å²) < 4.78 is 27.1. The monoisotopic (exact) mass is 419 g/mol. The van der Waals surface area contributed by atoms with E-state index >= 15 is 0 Å². The first-order chi connectivity index (χ1) is 15.0. The van der Waals surface area contributed by atoms with E-state index in [0.717, 1.165) is 12.1 Å². The molecule has 0 unspecified atom stereocenters. The molecule has 0 saturated heterocycles. The van der Waals surface area contributed by atoms with Crippen molar-refractivity contribution in [2.75, 3.05) is 10.6 Å². The van der Waals surface area contributed by atoms with Gasteiger partial charge in [-0.05, 0) is 42.5 Å². The lowest BCUT2D eigenvalue weighted by Crippen LogP contribution is -2.34. The number of hydrogen-bond acceptors (Lipinski definition) is 5. The molecule has 3 amide bonds. The van der Waals surface area contributed by atoms with Gasteiger partial charge in [0.25, 0.3) is 5.91 Å². The smallest absolute Gasteiger partial charge is 0.326 e. The summed E-state index contributed by atoms with van der Waals surface area (Å²) in [5.74, 6) is -1.67. The Morgan fingerprint density at radius 1 is 0.871 bits per heavy atom. The van der Waals surface area contributed by atoms with Crippen LogP contribution < -0.4 is 16.0 Å². The van der Waals surface area contributed by atoms with Crippen molar-refractivity contribution < 1.29 is 18.4 Å². The standard InChI is InChI=1S/C22H15F2N5O2/c23-14-6-9-18(17(24)10-14)28-20-16-8-7-15(11-19(16)25-12-26-20)27-22(31)29-21(30)13-4-2-1-3-5-13/h1-12H,(H,25,26,28)(H2,27,29,30,31). The Labute approximate surface area is 175 Å². The Hall–Kier alpha value is -4.40. The molecule has 0 aliphatic rings. The van der Waals surface area contributed by atoms with E-state index in [4.69, 9.17) is 0 Å². The quantitative estimate of drug-likeness (QED) is 0.449. The van der Waals surface area contributed by atoms with E-state index < -0.39 is 23.6 Å². The van der Waals surface area contributed by atoms with Gasteiger partial charge in [0.1, 0.15) is 23.8 Å². The summed E-state index contributed by atoms with van der Waals surface area (Å²) in [4.78, 5) is 32.5. The number of hydrogen-bond donors (Lipinski definition) is 3. The number of anilines is 3. The van der Waals surface area contributed by atoms with Gasteiger partial charge in [-0.1, -0.05) is 18.2 Å². The number of carbonyl (C=O) groups excluding carboxylic acids is 2. The molecule has 0 radical (unpaired) electrons. The molecule has 1 heterocycles. The number of halogens is 2. The number of nitrogens with one attached hydrogen (secondary N) is 3. The molecule has 0 aliphatic carbocycles. The summed E-state index contributed by atoms with van der Waals surface area (Å²) in [5, 5.41) is 8.17. The molecule has 0 bridgehead atoms. The van der Waals surface area contributed by atoms with Gasteiger partial charge in [-0.3, -0.25) is 10.1 Å². The van der Waals surface area contributed by atoms with E-state index in [2.05, 4.69) is 25.9 Å². The molecule has 9 heteroatoms. The minimum atomic E-state index is -0.759. The van der Waals surface area contributed by atoms with Crippen molar-refractivity contribution in [2.24, 2.45) is 0 Å². The average molecular weight is 419 g/mol. The van der Waals surface area contributed by atoms with E-state index in [-0.39, 0.29) is 5.69 Å². The normalized spacial score (nSPS) is 10.5. The Morgan fingerprint density at radius 3 is 2.45 bits per heavy atom. The van der Waals surface area contributed by atoms with Crippen LogP contribution in [0, 0.1) is 11.6 Å². The van der Waals surface area contributed by atoms with Crippen molar-refractivity contribution in [3.05, 3.63) is 90.3 Å². The number of benzene rings is 3. The fourth-order valence-corrected chi connectivity index (χ4v) is 2.88. The predicted octanol–water partition coefficient (Wildman–Crippen LogP) is 4.61. The lowest BCUT2D eigenvalue weighted by atomic mass is 10.2. The zero-order valence-corrected chi connectivity index (χ0v) is 15.9. The van der Waals surface area contributed by atoms with Gasteiger partial charge < -0.3 is 10.6 Å². The van der Waals surface area contributed by atoms with Crippen molar-refractivity contribution in [2.45, 2.75) is 0 Å². The third-order valence-corrected chi connectivity index (χ3v) is 4.34. The molecule has 3 aromatic carbocycles. The number of fused-ring (bicyclic) bond motifs is 1. The zero-order chi connectivity index (χ0) is 21.8. The molecule has 154 valence electrons. The van der Waals surface area contributed by atoms with Crippen LogP contribution in [0.1, 0.15) is 10.4 Å². The highest BCUT2D eigenvalue weighted by Gasteiger charge is 2.12. The number of carbonyl (C=O) groups is 2. The van der Waals surface area contributed by atoms with Crippen LogP contribution in [0.25, 0.3) is 10.9 Å². The van der Waals surface area contributed by atoms with Crippen LogP contribution in [0.4, 0.5) is 30.8 Å². The summed E-state index contributed by atoms with van der Waals surface area (Å²) in [6.45, 7) is 0. The van der Waals surface area contributed by atoms with Gasteiger partial charge in [-0.2, -0.15) is 0 Å². The lowest BCUT2D eigenvalue weighted by Gasteiger charge is -2.11. The maximum absolute atomic E-state index is 13.9. The number of amides is 3. The van der Waals surface area contributed by atoms with Gasteiger partial charge in [-0.15, -0.1) is 0 Å². The largest absolute Gasteiger partial charge is 0.337 e. The van der Waals surface area contributed by atoms with Crippen LogP contribution in [0.5, 0.6) is 0 Å². The van der Waals surface area contributed by atoms with E-state index in [9.17, 15) is 18.4 Å². The summed E-state index contributed by atoms with van der Waals surface area (Å²) in [5.41, 5.74) is 1.27. The van der Waals surface area contributed by atoms with Crippen molar-refractivity contribution in [3.63, 3.8) is 0 Å². The minimum Gasteiger partial charge on any atom is -0.337 e. The Balaban J connectivity index is 1.51. The highest BCUT2D eigenvalue weighted by molar-refractivity contribution is 6.08. The summed E-state index contributed by atoms with van der Waals surface area (Å²) in [6, 6.07) is 15.6. The van der Waals surface area contributed by atoms with Crippen LogP contribution in [-0.2, 0) is 0 Å². The second-order valence-corrected chi connectivity index (χ2v) is 6.48. The lowest BCUT2D eigenvalue weighted by molar-refractivity contribution is 0.0967. The molecule has 4 aromatic rings. The number of rotatable bonds is 4. The van der Waals surface area contributed by atoms with E-state index in [1.54, 1.807) is 48.5 Å². The number of nitrogens with zero attached hydrogens (tertiary/aromatic N) is 2. The van der Waals surface area contributed by atoms with Gasteiger partial charge in [0.2, 0.25) is 0 Å². The Bertz CT molecular complexity index is 1280. The highest BCUT2D eigenvalue weighted by Crippen LogP contribution is 2.26. The molecule has 0 atom stereocenters. The van der Waals surface area contributed by atoms with Crippen LogP contribution >= 0.6 is 0 Å². The van der Waals surface area contributed by atoms with Gasteiger partial charge in [0.15, 0.2) is 0 Å². The summed E-state index contributed by atoms with van der Waals surface area (Å²) in [7, 11) is 0. The zero-order valence-electron chi connectivity index (χ0n) is 15.9. The molecule has 0 aliphatic heterocycles. The molecule has 0 saturated carbocycles. The maximum atomic E-state index is 13.9. The van der Waals surface area contributed by atoms with Crippen LogP contribution in [0.15, 0.2) is 73.1 Å². The predicted molar refractivity (Wildman–Crippen MR) is 112 cm³/mol. The summed E-state index contributed by atoms with van der Waals surface area (Å²) >= 11 is 0. The van der Waals surface area contributed by atoms with Gasteiger partial charge in [-0.25, -0.2) is 23.5 Å². The second-order valence-electron chi connectivity index (χ2n) is 6.48. The van der Waals surface area contributed by atoms with Crippen LogP contribution in [0.2, 0.25) is 0 Å². The van der Waals surface area contributed by atoms with E-state index in [0.29, 0.717) is 28.0 Å². The Kier molecular flexibility index (Phi) is 5.48. The van der Waals surface area contributed by atoms with Crippen molar-refractivity contribution in [1.82, 2.24) is 15.3 Å². The summed E-state index contributed by atoms with van der Waals surface area (Å²) in [6.07, 6.45) is 1.27. The molecular formula is C22H15F2N5O2. The third kappa shape index (κ3) is 4.61. The number of urea groups is 1. The minimum absolute atomic E-state index is 0.0578. The van der Waals surface area contributed by atoms with Crippen LogP contribution in [0.3, 0.4) is 0 Å². The van der Waals surface area contributed by atoms with Crippen molar-refractivity contribution in [3.8, 4) is 0 Å². The molecule has 4 rings (SSSR count). The fraction of sp³-hybridized carbons (Fsp3) is 0. The molecule has 0 spiro atoms. The number of imide groups is 1.